The van der Waals surface area contributed by atoms with E-state index in [0.29, 0.717) is 16.3 Å². The molecule has 0 saturated carbocycles. The van der Waals surface area contributed by atoms with Crippen LogP contribution in [0.2, 0.25) is 5.02 Å². The summed E-state index contributed by atoms with van der Waals surface area (Å²) in [6.45, 7) is 3.66. The molecule has 1 heterocycles. The van der Waals surface area contributed by atoms with Crippen molar-refractivity contribution in [1.29, 1.82) is 0 Å². The molecule has 1 aromatic carbocycles. The molecule has 0 bridgehead atoms. The zero-order valence-corrected chi connectivity index (χ0v) is 11.0. The third kappa shape index (κ3) is 2.53. The van der Waals surface area contributed by atoms with E-state index < -0.39 is 11.9 Å². The minimum Gasteiger partial charge on any atom is -0.468 e. The van der Waals surface area contributed by atoms with E-state index in [9.17, 15) is 9.59 Å². The van der Waals surface area contributed by atoms with Gasteiger partial charge in [0.1, 0.15) is 5.92 Å². The maximum atomic E-state index is 11.8. The smallest absolute Gasteiger partial charge is 0.319 e. The van der Waals surface area contributed by atoms with Gasteiger partial charge in [0.15, 0.2) is 0 Å². The van der Waals surface area contributed by atoms with E-state index in [0.717, 1.165) is 0 Å². The van der Waals surface area contributed by atoms with Gasteiger partial charge in [-0.05, 0) is 17.7 Å². The molecule has 1 aromatic rings. The molecule has 0 unspecified atom stereocenters. The molecule has 1 amide bonds. The Labute approximate surface area is 115 Å². The van der Waals surface area contributed by atoms with Crippen molar-refractivity contribution in [3.05, 3.63) is 52.7 Å². The number of nitrogens with one attached hydrogen (secondary N) is 1. The minimum atomic E-state index is -0.797. The Morgan fingerprint density at radius 2 is 2.16 bits per heavy atom. The van der Waals surface area contributed by atoms with Crippen molar-refractivity contribution in [2.75, 3.05) is 7.11 Å². The Hall–Kier alpha value is -2.07. The summed E-state index contributed by atoms with van der Waals surface area (Å²) in [6, 6.07) is 7.06. The lowest BCUT2D eigenvalue weighted by Gasteiger charge is -2.08. The molecule has 19 heavy (non-hydrogen) atoms. The van der Waals surface area contributed by atoms with Crippen LogP contribution < -0.4 is 5.32 Å². The largest absolute Gasteiger partial charge is 0.468 e. The summed E-state index contributed by atoms with van der Waals surface area (Å²) >= 11 is 6.03. The van der Waals surface area contributed by atoms with E-state index in [1.165, 1.54) is 7.11 Å². The van der Waals surface area contributed by atoms with Crippen molar-refractivity contribution in [2.24, 2.45) is 5.92 Å². The number of hydrogen-bond acceptors (Lipinski definition) is 3. The summed E-state index contributed by atoms with van der Waals surface area (Å²) in [6.07, 6.45) is 1.58. The fourth-order valence-electron chi connectivity index (χ4n) is 1.90. The van der Waals surface area contributed by atoms with Crippen molar-refractivity contribution in [1.82, 2.24) is 5.32 Å². The first kappa shape index (κ1) is 13.4. The van der Waals surface area contributed by atoms with Crippen LogP contribution in [0, 0.1) is 5.92 Å². The van der Waals surface area contributed by atoms with Gasteiger partial charge in [-0.25, -0.2) is 0 Å². The third-order valence-corrected chi connectivity index (χ3v) is 3.19. The molecule has 1 aliphatic heterocycles. The van der Waals surface area contributed by atoms with Gasteiger partial charge in [0.25, 0.3) is 5.91 Å². The molecule has 1 saturated heterocycles. The van der Waals surface area contributed by atoms with E-state index >= 15 is 0 Å². The number of benzene rings is 1. The summed E-state index contributed by atoms with van der Waals surface area (Å²) in [5, 5.41) is 3.03. The van der Waals surface area contributed by atoms with E-state index in [1.54, 1.807) is 30.3 Å². The fourth-order valence-corrected chi connectivity index (χ4v) is 2.09. The quantitative estimate of drug-likeness (QED) is 0.666. The van der Waals surface area contributed by atoms with E-state index in [1.807, 2.05) is 0 Å². The van der Waals surface area contributed by atoms with Crippen molar-refractivity contribution in [2.45, 2.75) is 0 Å². The van der Waals surface area contributed by atoms with Crippen LogP contribution >= 0.6 is 11.6 Å². The van der Waals surface area contributed by atoms with Gasteiger partial charge in [-0.15, -0.1) is 0 Å². The summed E-state index contributed by atoms with van der Waals surface area (Å²) in [7, 11) is 1.27. The summed E-state index contributed by atoms with van der Waals surface area (Å²) in [5.41, 5.74) is 1.26. The minimum absolute atomic E-state index is 0.282. The molecule has 1 N–H and O–H groups in total. The van der Waals surface area contributed by atoms with Gasteiger partial charge in [0.05, 0.1) is 7.11 Å². The zero-order chi connectivity index (χ0) is 14.0. The molecule has 0 radical (unpaired) electrons. The summed E-state index contributed by atoms with van der Waals surface area (Å²) < 4.78 is 4.69. The number of methoxy groups -OCH3 is 1. The molecule has 98 valence electrons. The number of amides is 1. The maximum Gasteiger partial charge on any atom is 0.319 e. The highest BCUT2D eigenvalue weighted by atomic mass is 35.5. The number of hydrogen-bond donors (Lipinski definition) is 1. The van der Waals surface area contributed by atoms with E-state index in [2.05, 4.69) is 16.6 Å². The summed E-state index contributed by atoms with van der Waals surface area (Å²) in [5.74, 6) is -1.68. The second kappa shape index (κ2) is 5.28. The molecule has 2 rings (SSSR count). The van der Waals surface area contributed by atoms with Crippen molar-refractivity contribution in [3.8, 4) is 0 Å². The highest BCUT2D eigenvalue weighted by Gasteiger charge is 2.38. The topological polar surface area (TPSA) is 55.4 Å². The number of carbonyl (C=O) groups excluding carboxylic acids is 2. The molecule has 5 heteroatoms. The van der Waals surface area contributed by atoms with Crippen LogP contribution in [-0.4, -0.2) is 19.0 Å². The lowest BCUT2D eigenvalue weighted by Crippen LogP contribution is -2.17. The molecule has 1 atom stereocenters. The Balaban J connectivity index is 2.46. The monoisotopic (exact) mass is 277 g/mol. The highest BCUT2D eigenvalue weighted by molar-refractivity contribution is 6.32. The van der Waals surface area contributed by atoms with Crippen molar-refractivity contribution >= 4 is 29.6 Å². The van der Waals surface area contributed by atoms with Gasteiger partial charge in [0.2, 0.25) is 0 Å². The lowest BCUT2D eigenvalue weighted by atomic mass is 9.98. The SMILES string of the molecule is C=C1NC(=O)/C(=C\c2ccccc2Cl)[C@H]1C(=O)OC. The van der Waals surface area contributed by atoms with Gasteiger partial charge < -0.3 is 10.1 Å². The first-order chi connectivity index (χ1) is 9.04. The third-order valence-electron chi connectivity index (χ3n) is 2.85. The molecule has 0 aromatic heterocycles. The number of carbonyl (C=O) groups is 2. The Bertz CT molecular complexity index is 592. The Kier molecular flexibility index (Phi) is 3.71. The van der Waals surface area contributed by atoms with Crippen LogP contribution in [0.3, 0.4) is 0 Å². The van der Waals surface area contributed by atoms with Crippen LogP contribution in [0.1, 0.15) is 5.56 Å². The predicted molar refractivity (Wildman–Crippen MR) is 72.2 cm³/mol. The number of ether oxygens (including phenoxy) is 1. The van der Waals surface area contributed by atoms with E-state index in [-0.39, 0.29) is 11.5 Å². The Morgan fingerprint density at radius 3 is 2.79 bits per heavy atom. The van der Waals surface area contributed by atoms with Crippen LogP contribution in [0.4, 0.5) is 0 Å². The highest BCUT2D eigenvalue weighted by Crippen LogP contribution is 2.29. The summed E-state index contributed by atoms with van der Waals surface area (Å²) in [4.78, 5) is 23.5. The standard InChI is InChI=1S/C14H12ClNO3/c1-8-12(14(18)19-2)10(13(17)16-8)7-9-5-3-4-6-11(9)15/h3-7,12H,1H2,2H3,(H,16,17)/b10-7-/t12-/m0/s1. The second-order valence-electron chi connectivity index (χ2n) is 4.06. The first-order valence-electron chi connectivity index (χ1n) is 5.58. The fraction of sp³-hybridized carbons (Fsp3) is 0.143. The average Bonchev–Trinajstić information content (AvgIpc) is 2.66. The maximum absolute atomic E-state index is 11.8. The molecule has 0 aliphatic carbocycles. The van der Waals surface area contributed by atoms with Gasteiger partial charge in [-0.2, -0.15) is 0 Å². The van der Waals surface area contributed by atoms with Gasteiger partial charge in [-0.3, -0.25) is 9.59 Å². The second-order valence-corrected chi connectivity index (χ2v) is 4.46. The molecular formula is C14H12ClNO3. The van der Waals surface area contributed by atoms with Crippen LogP contribution in [0.25, 0.3) is 6.08 Å². The number of esters is 1. The first-order valence-corrected chi connectivity index (χ1v) is 5.96. The molecule has 1 aliphatic rings. The van der Waals surface area contributed by atoms with Crippen LogP contribution in [-0.2, 0) is 14.3 Å². The molecular weight excluding hydrogens is 266 g/mol. The number of rotatable bonds is 2. The zero-order valence-electron chi connectivity index (χ0n) is 10.3. The molecule has 0 spiro atoms. The predicted octanol–water partition coefficient (Wildman–Crippen LogP) is 2.16. The van der Waals surface area contributed by atoms with E-state index in [4.69, 9.17) is 11.6 Å². The van der Waals surface area contributed by atoms with Gasteiger partial charge >= 0.3 is 5.97 Å². The number of halogens is 1. The van der Waals surface area contributed by atoms with Crippen LogP contribution in [0.15, 0.2) is 42.1 Å². The average molecular weight is 278 g/mol. The van der Waals surface area contributed by atoms with Gasteiger partial charge in [0, 0.05) is 16.3 Å². The normalized spacial score (nSPS) is 20.5. The lowest BCUT2D eigenvalue weighted by molar-refractivity contribution is -0.142. The Morgan fingerprint density at radius 1 is 1.47 bits per heavy atom. The molecule has 1 fully saturated rings. The van der Waals surface area contributed by atoms with Crippen molar-refractivity contribution in [3.63, 3.8) is 0 Å². The molecule has 4 nitrogen and oxygen atoms in total. The van der Waals surface area contributed by atoms with Gasteiger partial charge in [-0.1, -0.05) is 36.4 Å². The van der Waals surface area contributed by atoms with Crippen molar-refractivity contribution < 1.29 is 14.3 Å². The van der Waals surface area contributed by atoms with Crippen LogP contribution in [0.5, 0.6) is 0 Å².